The number of carbonyl (C=O) groups is 1. The van der Waals surface area contributed by atoms with Gasteiger partial charge in [0.15, 0.2) is 17.6 Å². The molecule has 2 N–H and O–H groups in total. The maximum Gasteiger partial charge on any atom is 0.226 e. The quantitative estimate of drug-likeness (QED) is 0.862. The lowest BCUT2D eigenvalue weighted by Crippen LogP contribution is -2.45. The third-order valence-corrected chi connectivity index (χ3v) is 6.58. The second kappa shape index (κ2) is 7.13. The lowest BCUT2D eigenvalue weighted by Gasteiger charge is -2.36. The molecule has 2 aromatic rings. The zero-order chi connectivity index (χ0) is 19.0. The summed E-state index contributed by atoms with van der Waals surface area (Å²) >= 11 is 0. The molecule has 3 heterocycles. The van der Waals surface area contributed by atoms with Gasteiger partial charge in [-0.05, 0) is 61.5 Å². The van der Waals surface area contributed by atoms with Crippen molar-refractivity contribution in [2.45, 2.75) is 25.4 Å². The monoisotopic (exact) mass is 378 g/mol. The minimum absolute atomic E-state index is 0.0885. The van der Waals surface area contributed by atoms with Crippen LogP contribution >= 0.6 is 0 Å². The van der Waals surface area contributed by atoms with Crippen LogP contribution < -0.4 is 20.1 Å². The molecule has 5 rings (SSSR count). The molecule has 0 saturated carbocycles. The Morgan fingerprint density at radius 2 is 1.75 bits per heavy atom. The van der Waals surface area contributed by atoms with E-state index in [1.807, 2.05) is 24.3 Å². The van der Waals surface area contributed by atoms with Gasteiger partial charge in [0.05, 0.1) is 5.41 Å². The Labute approximate surface area is 165 Å². The number of fused-ring (bicyclic) bond motifs is 1. The van der Waals surface area contributed by atoms with Gasteiger partial charge in [0.1, 0.15) is 6.61 Å². The standard InChI is InChI=1S/C23H26N2O3/c26-22-23(9-11-24-12-10-23)18(14-25-22)13-16-5-7-17(8-6-16)21-15-27-19-3-1-2-4-20(19)28-21/h1-8,18,21,24H,9-15H2,(H,25,26). The first-order chi connectivity index (χ1) is 13.7. The highest BCUT2D eigenvalue weighted by atomic mass is 16.6. The number of amides is 1. The van der Waals surface area contributed by atoms with Crippen LogP contribution in [-0.4, -0.2) is 32.1 Å². The smallest absolute Gasteiger partial charge is 0.226 e. The van der Waals surface area contributed by atoms with Crippen molar-refractivity contribution in [1.29, 1.82) is 0 Å². The summed E-state index contributed by atoms with van der Waals surface area (Å²) in [6.07, 6.45) is 2.72. The van der Waals surface area contributed by atoms with Gasteiger partial charge in [0.2, 0.25) is 5.91 Å². The van der Waals surface area contributed by atoms with Crippen molar-refractivity contribution >= 4 is 5.91 Å². The van der Waals surface area contributed by atoms with E-state index in [2.05, 4.69) is 34.9 Å². The van der Waals surface area contributed by atoms with Gasteiger partial charge in [-0.1, -0.05) is 36.4 Å². The number of benzene rings is 2. The van der Waals surface area contributed by atoms with E-state index in [1.54, 1.807) is 0 Å². The maximum absolute atomic E-state index is 12.5. The van der Waals surface area contributed by atoms with Crippen LogP contribution in [0.5, 0.6) is 11.5 Å². The molecule has 2 saturated heterocycles. The highest BCUT2D eigenvalue weighted by molar-refractivity contribution is 5.85. The summed E-state index contributed by atoms with van der Waals surface area (Å²) in [5.41, 5.74) is 2.21. The first-order valence-corrected chi connectivity index (χ1v) is 10.2. The number of nitrogens with one attached hydrogen (secondary N) is 2. The molecule has 2 unspecified atom stereocenters. The van der Waals surface area contributed by atoms with Gasteiger partial charge < -0.3 is 20.1 Å². The first-order valence-electron chi connectivity index (χ1n) is 10.2. The van der Waals surface area contributed by atoms with Crippen LogP contribution in [0.2, 0.25) is 0 Å². The number of rotatable bonds is 3. The fourth-order valence-electron chi connectivity index (χ4n) is 4.89. The Bertz CT molecular complexity index is 858. The molecule has 1 amide bonds. The Morgan fingerprint density at radius 1 is 1.00 bits per heavy atom. The van der Waals surface area contributed by atoms with E-state index < -0.39 is 0 Å². The molecule has 0 radical (unpaired) electrons. The average Bonchev–Trinajstić information content (AvgIpc) is 3.04. The summed E-state index contributed by atoms with van der Waals surface area (Å²) in [6, 6.07) is 16.4. The lowest BCUT2D eigenvalue weighted by molar-refractivity contribution is -0.130. The normalized spacial score (nSPS) is 25.5. The molecule has 2 aromatic carbocycles. The van der Waals surface area contributed by atoms with Crippen LogP contribution in [0.15, 0.2) is 48.5 Å². The number of hydrogen-bond acceptors (Lipinski definition) is 4. The van der Waals surface area contributed by atoms with Crippen molar-refractivity contribution in [3.8, 4) is 11.5 Å². The van der Waals surface area contributed by atoms with Crippen molar-refractivity contribution in [3.05, 3.63) is 59.7 Å². The number of hydrogen-bond donors (Lipinski definition) is 2. The molecule has 5 nitrogen and oxygen atoms in total. The van der Waals surface area contributed by atoms with Crippen molar-refractivity contribution in [1.82, 2.24) is 10.6 Å². The van der Waals surface area contributed by atoms with Crippen LogP contribution in [0.4, 0.5) is 0 Å². The summed E-state index contributed by atoms with van der Waals surface area (Å²) in [4.78, 5) is 12.5. The molecule has 28 heavy (non-hydrogen) atoms. The molecular formula is C23H26N2O3. The number of para-hydroxylation sites is 2. The van der Waals surface area contributed by atoms with E-state index in [9.17, 15) is 4.79 Å². The predicted octanol–water partition coefficient (Wildman–Crippen LogP) is 2.86. The molecule has 5 heteroatoms. The van der Waals surface area contributed by atoms with E-state index in [-0.39, 0.29) is 17.4 Å². The highest BCUT2D eigenvalue weighted by Gasteiger charge is 2.50. The van der Waals surface area contributed by atoms with E-state index in [4.69, 9.17) is 9.47 Å². The third kappa shape index (κ3) is 3.04. The van der Waals surface area contributed by atoms with Gasteiger partial charge in [-0.3, -0.25) is 4.79 Å². The van der Waals surface area contributed by atoms with E-state index in [0.29, 0.717) is 12.5 Å². The Balaban J connectivity index is 1.29. The zero-order valence-electron chi connectivity index (χ0n) is 15.9. The fraction of sp³-hybridized carbons (Fsp3) is 0.435. The van der Waals surface area contributed by atoms with Gasteiger partial charge in [-0.15, -0.1) is 0 Å². The predicted molar refractivity (Wildman–Crippen MR) is 106 cm³/mol. The molecule has 0 aliphatic carbocycles. The maximum atomic E-state index is 12.5. The summed E-state index contributed by atoms with van der Waals surface area (Å²) in [7, 11) is 0. The summed E-state index contributed by atoms with van der Waals surface area (Å²) in [5, 5.41) is 6.51. The second-order valence-corrected chi connectivity index (χ2v) is 8.12. The molecular weight excluding hydrogens is 352 g/mol. The third-order valence-electron chi connectivity index (χ3n) is 6.58. The molecule has 0 bridgehead atoms. The minimum atomic E-state index is -0.187. The second-order valence-electron chi connectivity index (χ2n) is 8.12. The molecule has 3 aliphatic rings. The minimum Gasteiger partial charge on any atom is -0.485 e. The van der Waals surface area contributed by atoms with Crippen LogP contribution in [0.25, 0.3) is 0 Å². The molecule has 1 spiro atoms. The van der Waals surface area contributed by atoms with Crippen molar-refractivity contribution < 1.29 is 14.3 Å². The largest absolute Gasteiger partial charge is 0.485 e. The molecule has 2 atom stereocenters. The molecule has 3 aliphatic heterocycles. The Hall–Kier alpha value is -2.53. The number of carbonyl (C=O) groups excluding carboxylic acids is 1. The van der Waals surface area contributed by atoms with E-state index in [1.165, 1.54) is 5.56 Å². The van der Waals surface area contributed by atoms with Crippen LogP contribution in [0.1, 0.15) is 30.1 Å². The summed E-state index contributed by atoms with van der Waals surface area (Å²) in [5.74, 6) is 2.23. The van der Waals surface area contributed by atoms with Crippen LogP contribution in [0, 0.1) is 11.3 Å². The first kappa shape index (κ1) is 17.6. The average molecular weight is 378 g/mol. The SMILES string of the molecule is O=C1NCC(Cc2ccc(C3COc4ccccc4O3)cc2)C12CCNCC2. The Kier molecular flexibility index (Phi) is 4.47. The van der Waals surface area contributed by atoms with Crippen LogP contribution in [-0.2, 0) is 11.2 Å². The topological polar surface area (TPSA) is 59.6 Å². The zero-order valence-corrected chi connectivity index (χ0v) is 15.9. The van der Waals surface area contributed by atoms with Gasteiger partial charge >= 0.3 is 0 Å². The fourth-order valence-corrected chi connectivity index (χ4v) is 4.89. The van der Waals surface area contributed by atoms with Gasteiger partial charge in [0.25, 0.3) is 0 Å². The van der Waals surface area contributed by atoms with Crippen LogP contribution in [0.3, 0.4) is 0 Å². The van der Waals surface area contributed by atoms with Crippen molar-refractivity contribution in [2.75, 3.05) is 26.2 Å². The molecule has 0 aromatic heterocycles. The van der Waals surface area contributed by atoms with Gasteiger partial charge in [0, 0.05) is 6.54 Å². The highest BCUT2D eigenvalue weighted by Crippen LogP contribution is 2.42. The molecule has 146 valence electrons. The summed E-state index contributed by atoms with van der Waals surface area (Å²) < 4.78 is 11.9. The number of ether oxygens (including phenoxy) is 2. The Morgan fingerprint density at radius 3 is 2.54 bits per heavy atom. The van der Waals surface area contributed by atoms with Gasteiger partial charge in [-0.2, -0.15) is 0 Å². The molecule has 2 fully saturated rings. The number of piperidine rings is 1. The van der Waals surface area contributed by atoms with Crippen molar-refractivity contribution in [2.24, 2.45) is 11.3 Å². The van der Waals surface area contributed by atoms with E-state index in [0.717, 1.165) is 56.0 Å². The van der Waals surface area contributed by atoms with E-state index >= 15 is 0 Å². The lowest BCUT2D eigenvalue weighted by atomic mass is 9.69. The van der Waals surface area contributed by atoms with Gasteiger partial charge in [-0.25, -0.2) is 0 Å². The summed E-state index contributed by atoms with van der Waals surface area (Å²) in [6.45, 7) is 3.18. The van der Waals surface area contributed by atoms with Crippen molar-refractivity contribution in [3.63, 3.8) is 0 Å².